The number of anilines is 1. The summed E-state index contributed by atoms with van der Waals surface area (Å²) in [6.07, 6.45) is 1.05. The zero-order valence-corrected chi connectivity index (χ0v) is 17.2. The van der Waals surface area contributed by atoms with Crippen molar-refractivity contribution in [3.8, 4) is 5.82 Å². The average molecular weight is 461 g/mol. The van der Waals surface area contributed by atoms with Gasteiger partial charge in [-0.25, -0.2) is 4.98 Å². The van der Waals surface area contributed by atoms with Crippen LogP contribution in [-0.4, -0.2) is 24.5 Å². The standard InChI is InChI=1S/C21H16ClF3N6O/c22-19-17(26-10-14-2-4-15(5-3-14)13-30-9-1-8-28-30)12-29-31(20(19)32)18-7-6-16(11-27-18)21(23,24)25/h1-9,11-12,26H,10,13H2. The molecule has 1 N–H and O–H groups in total. The molecule has 4 rings (SSSR count). The normalized spacial score (nSPS) is 11.5. The van der Waals surface area contributed by atoms with Crippen LogP contribution in [0.5, 0.6) is 0 Å². The molecule has 11 heteroatoms. The van der Waals surface area contributed by atoms with Gasteiger partial charge in [-0.3, -0.25) is 9.48 Å². The Hall–Kier alpha value is -3.66. The molecule has 4 aromatic rings. The van der Waals surface area contributed by atoms with Gasteiger partial charge in [-0.1, -0.05) is 35.9 Å². The lowest BCUT2D eigenvalue weighted by Crippen LogP contribution is -2.23. The Bertz CT molecular complexity index is 1250. The molecule has 0 aliphatic carbocycles. The molecule has 3 heterocycles. The van der Waals surface area contributed by atoms with Crippen molar-refractivity contribution < 1.29 is 13.2 Å². The zero-order chi connectivity index (χ0) is 22.7. The molecule has 0 amide bonds. The fraction of sp³-hybridized carbons (Fsp3) is 0.143. The van der Waals surface area contributed by atoms with Crippen molar-refractivity contribution in [1.29, 1.82) is 0 Å². The van der Waals surface area contributed by atoms with E-state index >= 15 is 0 Å². The summed E-state index contributed by atoms with van der Waals surface area (Å²) >= 11 is 6.17. The summed E-state index contributed by atoms with van der Waals surface area (Å²) in [4.78, 5) is 16.2. The maximum absolute atomic E-state index is 12.7. The first-order valence-corrected chi connectivity index (χ1v) is 9.79. The second-order valence-corrected chi connectivity index (χ2v) is 7.24. The fourth-order valence-electron chi connectivity index (χ4n) is 2.94. The Labute approximate surface area is 185 Å². The number of alkyl halides is 3. The summed E-state index contributed by atoms with van der Waals surface area (Å²) in [5, 5.41) is 11.0. The molecule has 0 bridgehead atoms. The highest BCUT2D eigenvalue weighted by Gasteiger charge is 2.30. The van der Waals surface area contributed by atoms with E-state index in [2.05, 4.69) is 20.5 Å². The number of nitrogens with one attached hydrogen (secondary N) is 1. The minimum atomic E-state index is -4.52. The zero-order valence-electron chi connectivity index (χ0n) is 16.4. The molecule has 0 aliphatic rings. The van der Waals surface area contributed by atoms with Crippen molar-refractivity contribution in [2.24, 2.45) is 0 Å². The van der Waals surface area contributed by atoms with Crippen molar-refractivity contribution in [1.82, 2.24) is 24.5 Å². The molecular formula is C21H16ClF3N6O. The van der Waals surface area contributed by atoms with Crippen molar-refractivity contribution in [2.45, 2.75) is 19.3 Å². The van der Waals surface area contributed by atoms with Crippen molar-refractivity contribution >= 4 is 17.3 Å². The van der Waals surface area contributed by atoms with Crippen LogP contribution in [0.3, 0.4) is 0 Å². The van der Waals surface area contributed by atoms with Crippen molar-refractivity contribution in [2.75, 3.05) is 5.32 Å². The van der Waals surface area contributed by atoms with Crippen LogP contribution in [0.15, 0.2) is 72.0 Å². The summed E-state index contributed by atoms with van der Waals surface area (Å²) in [5.74, 6) is -0.0655. The third kappa shape index (κ3) is 4.80. The van der Waals surface area contributed by atoms with Gasteiger partial charge in [-0.15, -0.1) is 0 Å². The molecule has 1 aromatic carbocycles. The lowest BCUT2D eigenvalue weighted by molar-refractivity contribution is -0.137. The van der Waals surface area contributed by atoms with Gasteiger partial charge in [-0.05, 0) is 29.3 Å². The SMILES string of the molecule is O=c1c(Cl)c(NCc2ccc(Cn3cccn3)cc2)cnn1-c1ccc(C(F)(F)F)cn1. The molecule has 0 atom stereocenters. The van der Waals surface area contributed by atoms with E-state index in [1.807, 2.05) is 41.2 Å². The summed E-state index contributed by atoms with van der Waals surface area (Å²) in [7, 11) is 0. The summed E-state index contributed by atoms with van der Waals surface area (Å²) in [6.45, 7) is 1.05. The van der Waals surface area contributed by atoms with Crippen LogP contribution in [0, 0.1) is 0 Å². The number of pyridine rings is 1. The van der Waals surface area contributed by atoms with E-state index in [-0.39, 0.29) is 10.8 Å². The first kappa shape index (κ1) is 21.6. The van der Waals surface area contributed by atoms with E-state index in [0.29, 0.717) is 25.0 Å². The number of aromatic nitrogens is 5. The average Bonchev–Trinajstić information content (AvgIpc) is 3.28. The van der Waals surface area contributed by atoms with Crippen LogP contribution in [0.4, 0.5) is 18.9 Å². The molecule has 0 saturated carbocycles. The molecule has 0 spiro atoms. The van der Waals surface area contributed by atoms with Crippen molar-refractivity contribution in [3.63, 3.8) is 0 Å². The van der Waals surface area contributed by atoms with Crippen LogP contribution in [-0.2, 0) is 19.3 Å². The summed E-state index contributed by atoms with van der Waals surface area (Å²) < 4.78 is 40.7. The second kappa shape index (κ2) is 8.83. The van der Waals surface area contributed by atoms with Crippen LogP contribution >= 0.6 is 11.6 Å². The summed E-state index contributed by atoms with van der Waals surface area (Å²) in [6, 6.07) is 11.6. The van der Waals surface area contributed by atoms with Crippen LogP contribution in [0.25, 0.3) is 5.82 Å². The number of hydrogen-bond acceptors (Lipinski definition) is 5. The Kier molecular flexibility index (Phi) is 5.95. The van der Waals surface area contributed by atoms with Crippen LogP contribution < -0.4 is 10.9 Å². The van der Waals surface area contributed by atoms with Crippen molar-refractivity contribution in [3.05, 3.63) is 99.3 Å². The monoisotopic (exact) mass is 460 g/mol. The van der Waals surface area contributed by atoms with Gasteiger partial charge in [0.25, 0.3) is 5.56 Å². The molecule has 0 radical (unpaired) electrons. The molecular weight excluding hydrogens is 445 g/mol. The van der Waals surface area contributed by atoms with E-state index in [4.69, 9.17) is 11.6 Å². The Morgan fingerprint density at radius 3 is 2.38 bits per heavy atom. The van der Waals surface area contributed by atoms with E-state index in [9.17, 15) is 18.0 Å². The quantitative estimate of drug-likeness (QED) is 0.467. The topological polar surface area (TPSA) is 77.6 Å². The molecule has 0 fully saturated rings. The van der Waals surface area contributed by atoms with E-state index in [1.165, 1.54) is 6.20 Å². The smallest absolute Gasteiger partial charge is 0.378 e. The van der Waals surface area contributed by atoms with E-state index in [1.54, 1.807) is 6.20 Å². The maximum Gasteiger partial charge on any atom is 0.417 e. The Morgan fingerprint density at radius 2 is 1.75 bits per heavy atom. The van der Waals surface area contributed by atoms with E-state index in [0.717, 1.165) is 27.9 Å². The molecule has 164 valence electrons. The Morgan fingerprint density at radius 1 is 1.00 bits per heavy atom. The first-order chi connectivity index (χ1) is 15.3. The minimum absolute atomic E-state index is 0.0655. The lowest BCUT2D eigenvalue weighted by Gasteiger charge is -2.11. The highest BCUT2D eigenvalue weighted by Crippen LogP contribution is 2.28. The van der Waals surface area contributed by atoms with Crippen LogP contribution in [0.1, 0.15) is 16.7 Å². The van der Waals surface area contributed by atoms with Gasteiger partial charge in [0.1, 0.15) is 5.02 Å². The largest absolute Gasteiger partial charge is 0.417 e. The molecule has 0 aliphatic heterocycles. The lowest BCUT2D eigenvalue weighted by atomic mass is 10.1. The predicted octanol–water partition coefficient (Wildman–Crippen LogP) is 4.16. The summed E-state index contributed by atoms with van der Waals surface area (Å²) in [5.41, 5.74) is 0.732. The number of hydrogen-bond donors (Lipinski definition) is 1. The van der Waals surface area contributed by atoms with Gasteiger partial charge in [0.05, 0.1) is 24.0 Å². The number of rotatable bonds is 6. The molecule has 7 nitrogen and oxygen atoms in total. The minimum Gasteiger partial charge on any atom is -0.378 e. The van der Waals surface area contributed by atoms with Gasteiger partial charge in [0, 0.05) is 25.1 Å². The first-order valence-electron chi connectivity index (χ1n) is 9.42. The molecule has 0 saturated heterocycles. The van der Waals surface area contributed by atoms with Gasteiger partial charge >= 0.3 is 6.18 Å². The predicted molar refractivity (Wildman–Crippen MR) is 113 cm³/mol. The molecule has 3 aromatic heterocycles. The van der Waals surface area contributed by atoms with Gasteiger partial charge in [-0.2, -0.15) is 28.1 Å². The van der Waals surface area contributed by atoms with Crippen LogP contribution in [0.2, 0.25) is 5.02 Å². The highest BCUT2D eigenvalue weighted by molar-refractivity contribution is 6.32. The number of benzene rings is 1. The third-order valence-electron chi connectivity index (χ3n) is 4.62. The Balaban J connectivity index is 1.45. The second-order valence-electron chi connectivity index (χ2n) is 6.87. The van der Waals surface area contributed by atoms with E-state index < -0.39 is 17.3 Å². The fourth-order valence-corrected chi connectivity index (χ4v) is 3.13. The van der Waals surface area contributed by atoms with Gasteiger partial charge in [0.2, 0.25) is 0 Å². The third-order valence-corrected chi connectivity index (χ3v) is 4.99. The number of halogens is 4. The highest BCUT2D eigenvalue weighted by atomic mass is 35.5. The van der Waals surface area contributed by atoms with Gasteiger partial charge < -0.3 is 5.32 Å². The molecule has 0 unspecified atom stereocenters. The van der Waals surface area contributed by atoms with Gasteiger partial charge in [0.15, 0.2) is 5.82 Å². The number of nitrogens with zero attached hydrogens (tertiary/aromatic N) is 5. The molecule has 32 heavy (non-hydrogen) atoms. The maximum atomic E-state index is 12.7.